The first-order chi connectivity index (χ1) is 13.0. The average molecular weight is 414 g/mol. The quantitative estimate of drug-likeness (QED) is 0.281. The largest absolute Gasteiger partial charge is 0.447 e. The van der Waals surface area contributed by atoms with Gasteiger partial charge in [-0.2, -0.15) is 0 Å². The number of carbonyl (C=O) groups is 1. The van der Waals surface area contributed by atoms with Gasteiger partial charge in [-0.3, -0.25) is 9.69 Å². The van der Waals surface area contributed by atoms with E-state index in [9.17, 15) is 4.79 Å². The molecule has 2 N–H and O–H groups in total. The Morgan fingerprint density at radius 3 is 2.04 bits per heavy atom. The van der Waals surface area contributed by atoms with Crippen LogP contribution in [-0.2, 0) is 22.6 Å². The van der Waals surface area contributed by atoms with Crippen molar-refractivity contribution in [3.63, 3.8) is 0 Å². The van der Waals surface area contributed by atoms with E-state index in [2.05, 4.69) is 47.9 Å². The highest BCUT2D eigenvalue weighted by Crippen LogP contribution is 2.13. The summed E-state index contributed by atoms with van der Waals surface area (Å²) in [6, 6.07) is 8.36. The number of hydrogen-bond donors (Lipinski definition) is 1. The molecule has 1 aromatic rings. The molecule has 0 saturated heterocycles. The fraction of sp³-hybridized carbons (Fsp3) is 0.682. The number of rotatable bonds is 14. The van der Waals surface area contributed by atoms with Gasteiger partial charge in [-0.25, -0.2) is 0 Å². The van der Waals surface area contributed by atoms with E-state index in [1.807, 2.05) is 6.92 Å². The lowest BCUT2D eigenvalue weighted by atomic mass is 10.1. The molecule has 0 aromatic heterocycles. The molecule has 0 bridgehead atoms. The first-order valence-corrected chi connectivity index (χ1v) is 10.4. The van der Waals surface area contributed by atoms with Gasteiger partial charge in [-0.15, -0.1) is 12.4 Å². The van der Waals surface area contributed by atoms with Crippen LogP contribution in [0.15, 0.2) is 24.3 Å². The summed E-state index contributed by atoms with van der Waals surface area (Å²) in [6.07, 6.45) is 4.44. The number of halogens is 1. The number of carbonyl (C=O) groups excluding carboxylic acids is 1. The highest BCUT2D eigenvalue weighted by atomic mass is 35.5. The summed E-state index contributed by atoms with van der Waals surface area (Å²) in [5, 5.41) is 0. The Hall–Kier alpha value is -1.14. The maximum Gasteiger partial charge on any atom is 0.304 e. The number of nitrogens with two attached hydrogens (primary N) is 1. The lowest BCUT2D eigenvalue weighted by Gasteiger charge is -2.29. The molecule has 0 heterocycles. The van der Waals surface area contributed by atoms with Gasteiger partial charge in [0.25, 0.3) is 0 Å². The molecular formula is C22H40ClN3O2. The van der Waals surface area contributed by atoms with Crippen molar-refractivity contribution in [1.29, 1.82) is 0 Å². The number of ether oxygens (including phenoxy) is 1. The van der Waals surface area contributed by atoms with E-state index in [1.54, 1.807) is 0 Å². The van der Waals surface area contributed by atoms with Gasteiger partial charge in [-0.05, 0) is 63.4 Å². The van der Waals surface area contributed by atoms with Crippen molar-refractivity contribution in [2.75, 3.05) is 26.2 Å². The van der Waals surface area contributed by atoms with Crippen LogP contribution in [0.5, 0.6) is 0 Å². The predicted molar refractivity (Wildman–Crippen MR) is 119 cm³/mol. The van der Waals surface area contributed by atoms with Crippen molar-refractivity contribution in [2.45, 2.75) is 72.7 Å². The molecule has 6 heteroatoms. The van der Waals surface area contributed by atoms with E-state index in [-0.39, 0.29) is 24.6 Å². The van der Waals surface area contributed by atoms with E-state index in [0.29, 0.717) is 6.54 Å². The van der Waals surface area contributed by atoms with Crippen molar-refractivity contribution in [3.05, 3.63) is 35.4 Å². The minimum atomic E-state index is -0.233. The number of nitrogens with zero attached hydrogens (tertiary/aromatic N) is 2. The highest BCUT2D eigenvalue weighted by molar-refractivity contribution is 5.85. The first kappa shape index (κ1) is 26.9. The number of benzene rings is 1. The molecule has 0 saturated carbocycles. The van der Waals surface area contributed by atoms with E-state index in [4.69, 9.17) is 10.5 Å². The van der Waals surface area contributed by atoms with E-state index < -0.39 is 0 Å². The topological polar surface area (TPSA) is 58.8 Å². The molecule has 0 spiro atoms. The molecule has 1 aromatic carbocycles. The van der Waals surface area contributed by atoms with E-state index >= 15 is 0 Å². The van der Waals surface area contributed by atoms with Crippen LogP contribution in [-0.4, -0.2) is 48.2 Å². The van der Waals surface area contributed by atoms with Gasteiger partial charge in [0, 0.05) is 26.6 Å². The van der Waals surface area contributed by atoms with E-state index in [0.717, 1.165) is 38.0 Å². The predicted octanol–water partition coefficient (Wildman–Crippen LogP) is 4.18. The Balaban J connectivity index is 0.00000729. The van der Waals surface area contributed by atoms with Crippen molar-refractivity contribution in [2.24, 2.45) is 5.73 Å². The maximum absolute atomic E-state index is 11.4. The molecule has 1 unspecified atom stereocenters. The summed E-state index contributed by atoms with van der Waals surface area (Å²) in [5.74, 6) is -0.233. The highest BCUT2D eigenvalue weighted by Gasteiger charge is 2.17. The van der Waals surface area contributed by atoms with Crippen molar-refractivity contribution in [3.8, 4) is 0 Å². The van der Waals surface area contributed by atoms with Gasteiger partial charge >= 0.3 is 5.97 Å². The van der Waals surface area contributed by atoms with Gasteiger partial charge in [-0.1, -0.05) is 38.1 Å². The fourth-order valence-electron chi connectivity index (χ4n) is 3.34. The Labute approximate surface area is 178 Å². The molecule has 0 aliphatic rings. The third-order valence-corrected chi connectivity index (χ3v) is 4.74. The van der Waals surface area contributed by atoms with Crippen LogP contribution in [0, 0.1) is 0 Å². The second-order valence-corrected chi connectivity index (χ2v) is 7.25. The summed E-state index contributed by atoms with van der Waals surface area (Å²) in [4.78, 5) is 16.2. The molecule has 0 fully saturated rings. The fourth-order valence-corrected chi connectivity index (χ4v) is 3.34. The smallest absolute Gasteiger partial charge is 0.304 e. The average Bonchev–Trinajstić information content (AvgIpc) is 2.64. The Morgan fingerprint density at radius 1 is 1.00 bits per heavy atom. The summed E-state index contributed by atoms with van der Waals surface area (Å²) in [5.41, 5.74) is 8.02. The van der Waals surface area contributed by atoms with Gasteiger partial charge in [0.15, 0.2) is 6.23 Å². The summed E-state index contributed by atoms with van der Waals surface area (Å²) in [7, 11) is 0. The summed E-state index contributed by atoms with van der Waals surface area (Å²) in [6.45, 7) is 13.6. The number of unbranched alkanes of at least 4 members (excludes halogenated alkanes) is 1. The van der Waals surface area contributed by atoms with E-state index in [1.165, 1.54) is 38.4 Å². The second kappa shape index (κ2) is 15.7. The molecule has 5 nitrogen and oxygen atoms in total. The molecule has 162 valence electrons. The van der Waals surface area contributed by atoms with Crippen molar-refractivity contribution in [1.82, 2.24) is 9.80 Å². The molecule has 28 heavy (non-hydrogen) atoms. The Bertz CT molecular complexity index is 519. The third kappa shape index (κ3) is 11.0. The number of esters is 1. The number of hydrogen-bond acceptors (Lipinski definition) is 5. The van der Waals surface area contributed by atoms with Crippen molar-refractivity contribution < 1.29 is 9.53 Å². The van der Waals surface area contributed by atoms with Crippen LogP contribution < -0.4 is 5.73 Å². The van der Waals surface area contributed by atoms with Crippen LogP contribution in [0.3, 0.4) is 0 Å². The minimum absolute atomic E-state index is 0. The molecule has 1 atom stereocenters. The Morgan fingerprint density at radius 2 is 1.54 bits per heavy atom. The molecule has 0 radical (unpaired) electrons. The monoisotopic (exact) mass is 413 g/mol. The zero-order valence-electron chi connectivity index (χ0n) is 18.2. The molecular weight excluding hydrogens is 374 g/mol. The molecule has 1 rings (SSSR count). The zero-order chi connectivity index (χ0) is 20.1. The van der Waals surface area contributed by atoms with Crippen LogP contribution in [0.25, 0.3) is 0 Å². The van der Waals surface area contributed by atoms with Gasteiger partial charge < -0.3 is 15.4 Å². The van der Waals surface area contributed by atoms with Gasteiger partial charge in [0.1, 0.15) is 0 Å². The normalized spacial score (nSPS) is 12.1. The molecule has 0 aliphatic heterocycles. The summed E-state index contributed by atoms with van der Waals surface area (Å²) >= 11 is 0. The lowest BCUT2D eigenvalue weighted by molar-refractivity contribution is -0.155. The SMILES string of the molecule is CCCN(CCC)CCCCN(Cc1ccc(CN)cc1)C(C)OC(C)=O.Cl. The minimum Gasteiger partial charge on any atom is -0.447 e. The molecule has 0 aliphatic carbocycles. The maximum atomic E-state index is 11.4. The van der Waals surface area contributed by atoms with Crippen LogP contribution >= 0.6 is 12.4 Å². The van der Waals surface area contributed by atoms with Gasteiger partial charge in [0.2, 0.25) is 0 Å². The van der Waals surface area contributed by atoms with Crippen LogP contribution in [0.4, 0.5) is 0 Å². The first-order valence-electron chi connectivity index (χ1n) is 10.4. The summed E-state index contributed by atoms with van der Waals surface area (Å²) < 4.78 is 5.44. The van der Waals surface area contributed by atoms with Crippen LogP contribution in [0.2, 0.25) is 0 Å². The second-order valence-electron chi connectivity index (χ2n) is 7.25. The van der Waals surface area contributed by atoms with Crippen molar-refractivity contribution >= 4 is 18.4 Å². The Kier molecular flexibility index (Phi) is 15.1. The lowest BCUT2D eigenvalue weighted by Crippen LogP contribution is -2.37. The van der Waals surface area contributed by atoms with Crippen LogP contribution in [0.1, 0.15) is 64.5 Å². The third-order valence-electron chi connectivity index (χ3n) is 4.74. The molecule has 0 amide bonds. The zero-order valence-corrected chi connectivity index (χ0v) is 19.0. The standard InChI is InChI=1S/C22H39N3O2.ClH/c1-5-13-24(14-6-2)15-7-8-16-25(19(3)27-20(4)26)18-22-11-9-21(17-23)10-12-22;/h9-12,19H,5-8,13-18,23H2,1-4H3;1H. The van der Waals surface area contributed by atoms with Gasteiger partial charge in [0.05, 0.1) is 0 Å².